The molecule has 3 rings (SSSR count). The molecule has 2 heterocycles. The van der Waals surface area contributed by atoms with Crippen LogP contribution in [0, 0.1) is 19.7 Å². The Morgan fingerprint density at radius 2 is 1.96 bits per heavy atom. The fourth-order valence-corrected chi connectivity index (χ4v) is 3.59. The van der Waals surface area contributed by atoms with E-state index in [0.29, 0.717) is 33.5 Å². The van der Waals surface area contributed by atoms with Crippen LogP contribution in [0.1, 0.15) is 53.2 Å². The number of carbonyl (C=O) groups is 1. The highest BCUT2D eigenvalue weighted by molar-refractivity contribution is 5.89. The Balaban J connectivity index is 2.48. The molecular formula is C22H23FN2O3. The monoisotopic (exact) mass is 382 g/mol. The van der Waals surface area contributed by atoms with Gasteiger partial charge in [0.1, 0.15) is 11.4 Å². The van der Waals surface area contributed by atoms with E-state index in [2.05, 4.69) is 0 Å². The van der Waals surface area contributed by atoms with Crippen molar-refractivity contribution < 1.29 is 14.3 Å². The van der Waals surface area contributed by atoms with Gasteiger partial charge in [-0.2, -0.15) is 0 Å². The van der Waals surface area contributed by atoms with Gasteiger partial charge in [-0.05, 0) is 66.6 Å². The molecule has 0 aliphatic carbocycles. The van der Waals surface area contributed by atoms with Crippen LogP contribution in [0.4, 0.5) is 10.1 Å². The van der Waals surface area contributed by atoms with E-state index in [1.807, 2.05) is 26.8 Å². The van der Waals surface area contributed by atoms with Gasteiger partial charge in [0.05, 0.1) is 5.52 Å². The number of nitrogen functional groups attached to an aromatic ring is 1. The first-order valence-electron chi connectivity index (χ1n) is 9.15. The number of carboxylic acid groups (broad SMARTS) is 1. The molecule has 28 heavy (non-hydrogen) atoms. The van der Waals surface area contributed by atoms with Gasteiger partial charge in [-0.1, -0.05) is 19.9 Å². The number of nitrogens with zero attached hydrogens (tertiary/aromatic N) is 1. The van der Waals surface area contributed by atoms with Crippen LogP contribution in [0.5, 0.6) is 0 Å². The second kappa shape index (κ2) is 7.11. The summed E-state index contributed by atoms with van der Waals surface area (Å²) < 4.78 is 16.2. The van der Waals surface area contributed by atoms with Crippen LogP contribution in [0.25, 0.3) is 16.6 Å². The highest BCUT2D eigenvalue weighted by Crippen LogP contribution is 2.34. The van der Waals surface area contributed by atoms with Gasteiger partial charge in [-0.15, -0.1) is 0 Å². The first-order chi connectivity index (χ1) is 13.2. The first-order valence-corrected chi connectivity index (χ1v) is 9.15. The van der Waals surface area contributed by atoms with Crippen molar-refractivity contribution in [2.75, 3.05) is 5.73 Å². The second-order valence-electron chi connectivity index (χ2n) is 7.20. The molecule has 0 fully saturated rings. The number of aromatic carboxylic acids is 1. The topological polar surface area (TPSA) is 84.8 Å². The average molecular weight is 382 g/mol. The number of anilines is 1. The zero-order chi connectivity index (χ0) is 20.7. The Morgan fingerprint density at radius 3 is 2.54 bits per heavy atom. The van der Waals surface area contributed by atoms with Gasteiger partial charge < -0.3 is 10.8 Å². The molecule has 5 nitrogen and oxygen atoms in total. The van der Waals surface area contributed by atoms with Crippen molar-refractivity contribution in [1.82, 2.24) is 4.40 Å². The van der Waals surface area contributed by atoms with E-state index in [1.165, 1.54) is 6.07 Å². The van der Waals surface area contributed by atoms with Crippen LogP contribution in [-0.2, 0) is 0 Å². The molecule has 1 aromatic carbocycles. The van der Waals surface area contributed by atoms with Crippen LogP contribution in [0.2, 0.25) is 0 Å². The molecule has 2 aromatic heterocycles. The summed E-state index contributed by atoms with van der Waals surface area (Å²) in [5, 5.41) is 9.41. The van der Waals surface area contributed by atoms with Gasteiger partial charge in [-0.25, -0.2) is 9.18 Å². The lowest BCUT2D eigenvalue weighted by molar-refractivity contribution is 0.0694. The molecule has 0 spiro atoms. The lowest BCUT2D eigenvalue weighted by atomic mass is 9.91. The van der Waals surface area contributed by atoms with E-state index < -0.39 is 17.3 Å². The molecule has 0 unspecified atom stereocenters. The minimum atomic E-state index is -1.32. The number of rotatable bonds is 4. The van der Waals surface area contributed by atoms with Gasteiger partial charge in [0.15, 0.2) is 0 Å². The average Bonchev–Trinajstić information content (AvgIpc) is 2.64. The Bertz CT molecular complexity index is 1160. The number of halogens is 1. The molecule has 0 radical (unpaired) electrons. The summed E-state index contributed by atoms with van der Waals surface area (Å²) in [6, 6.07) is 6.71. The molecule has 1 atom stereocenters. The third-order valence-electron chi connectivity index (χ3n) is 5.41. The maximum absolute atomic E-state index is 15.1. The van der Waals surface area contributed by atoms with Gasteiger partial charge in [-0.3, -0.25) is 9.20 Å². The number of fused-ring (bicyclic) bond motifs is 1. The molecule has 0 amide bonds. The Morgan fingerprint density at radius 1 is 1.29 bits per heavy atom. The maximum Gasteiger partial charge on any atom is 0.341 e. The van der Waals surface area contributed by atoms with Crippen molar-refractivity contribution in [1.29, 1.82) is 0 Å². The summed E-state index contributed by atoms with van der Waals surface area (Å²) in [5.74, 6) is -1.91. The van der Waals surface area contributed by atoms with Crippen LogP contribution in [0.3, 0.4) is 0 Å². The number of hydrogen-bond donors (Lipinski definition) is 2. The SMILES string of the molecule is CC[C@H](C)c1cc(C(=O)O)c(=O)n2cc(F)c(-c3ccc(N)c(C)c3)c(C)c12. The Hall–Kier alpha value is -3.15. The fraction of sp³-hybridized carbons (Fsp3) is 0.273. The maximum atomic E-state index is 15.1. The predicted molar refractivity (Wildman–Crippen MR) is 109 cm³/mol. The van der Waals surface area contributed by atoms with Gasteiger partial charge in [0, 0.05) is 17.4 Å². The number of aryl methyl sites for hydroxylation is 2. The molecule has 0 aliphatic rings. The van der Waals surface area contributed by atoms with Gasteiger partial charge in [0.25, 0.3) is 5.56 Å². The van der Waals surface area contributed by atoms with Gasteiger partial charge >= 0.3 is 5.97 Å². The number of pyridine rings is 2. The Kier molecular flexibility index (Phi) is 4.98. The summed E-state index contributed by atoms with van der Waals surface area (Å²) in [6.07, 6.45) is 1.84. The van der Waals surface area contributed by atoms with E-state index in [4.69, 9.17) is 5.73 Å². The quantitative estimate of drug-likeness (QED) is 0.650. The number of carboxylic acids is 1. The highest BCUT2D eigenvalue weighted by atomic mass is 19.1. The van der Waals surface area contributed by atoms with Crippen LogP contribution < -0.4 is 11.3 Å². The number of aromatic nitrogens is 1. The summed E-state index contributed by atoms with van der Waals surface area (Å²) in [4.78, 5) is 24.2. The van der Waals surface area contributed by atoms with Crippen molar-refractivity contribution in [2.24, 2.45) is 0 Å². The van der Waals surface area contributed by atoms with Gasteiger partial charge in [0.2, 0.25) is 0 Å². The smallest absolute Gasteiger partial charge is 0.341 e. The largest absolute Gasteiger partial charge is 0.477 e. The lowest BCUT2D eigenvalue weighted by Gasteiger charge is -2.19. The minimum Gasteiger partial charge on any atom is -0.477 e. The normalized spacial score (nSPS) is 12.3. The molecule has 0 bridgehead atoms. The van der Waals surface area contributed by atoms with E-state index in [0.717, 1.165) is 22.6 Å². The molecule has 3 N–H and O–H groups in total. The Labute approximate surface area is 162 Å². The summed E-state index contributed by atoms with van der Waals surface area (Å²) in [7, 11) is 0. The summed E-state index contributed by atoms with van der Waals surface area (Å²) >= 11 is 0. The summed E-state index contributed by atoms with van der Waals surface area (Å²) in [5.41, 5.74) is 9.14. The third-order valence-corrected chi connectivity index (χ3v) is 5.41. The predicted octanol–water partition coefficient (Wildman–Crippen LogP) is 4.52. The first kappa shape index (κ1) is 19.6. The fourth-order valence-electron chi connectivity index (χ4n) is 3.59. The standard InChI is InChI=1S/C22H23FN2O3/c1-5-11(2)15-9-16(22(27)28)21(26)25-10-17(23)19(13(4)20(15)25)14-6-7-18(24)12(3)8-14/h6-11H,5,24H2,1-4H3,(H,27,28)/t11-/m0/s1. The van der Waals surface area contributed by atoms with Crippen molar-refractivity contribution in [3.05, 3.63) is 68.9 Å². The molecule has 146 valence electrons. The van der Waals surface area contributed by atoms with Crippen molar-refractivity contribution in [3.63, 3.8) is 0 Å². The van der Waals surface area contributed by atoms with E-state index in [9.17, 15) is 14.7 Å². The molecule has 3 aromatic rings. The number of hydrogen-bond acceptors (Lipinski definition) is 3. The van der Waals surface area contributed by atoms with Crippen molar-refractivity contribution in [2.45, 2.75) is 40.0 Å². The molecule has 0 saturated heterocycles. The summed E-state index contributed by atoms with van der Waals surface area (Å²) in [6.45, 7) is 7.55. The molecule has 0 saturated carbocycles. The van der Waals surface area contributed by atoms with E-state index in [-0.39, 0.29) is 11.5 Å². The van der Waals surface area contributed by atoms with Crippen LogP contribution in [-0.4, -0.2) is 15.5 Å². The van der Waals surface area contributed by atoms with E-state index >= 15 is 4.39 Å². The second-order valence-corrected chi connectivity index (χ2v) is 7.20. The molecule has 0 aliphatic heterocycles. The van der Waals surface area contributed by atoms with Crippen LogP contribution >= 0.6 is 0 Å². The van der Waals surface area contributed by atoms with Crippen molar-refractivity contribution >= 4 is 17.2 Å². The number of nitrogens with two attached hydrogens (primary N) is 1. The highest BCUT2D eigenvalue weighted by Gasteiger charge is 2.22. The minimum absolute atomic E-state index is 0.00105. The third kappa shape index (κ3) is 3.05. The van der Waals surface area contributed by atoms with Crippen molar-refractivity contribution in [3.8, 4) is 11.1 Å². The zero-order valence-corrected chi connectivity index (χ0v) is 16.3. The lowest BCUT2D eigenvalue weighted by Crippen LogP contribution is -2.24. The molecular weight excluding hydrogens is 359 g/mol. The number of benzene rings is 1. The van der Waals surface area contributed by atoms with Crippen LogP contribution in [0.15, 0.2) is 35.3 Å². The van der Waals surface area contributed by atoms with E-state index in [1.54, 1.807) is 19.1 Å². The molecule has 6 heteroatoms. The zero-order valence-electron chi connectivity index (χ0n) is 16.3.